The number of halogens is 1. The monoisotopic (exact) mass is 353 g/mol. The molecule has 0 unspecified atom stereocenters. The number of aldehydes is 1. The second-order valence-corrected chi connectivity index (χ2v) is 6.18. The molecule has 26 heavy (non-hydrogen) atoms. The van der Waals surface area contributed by atoms with Gasteiger partial charge in [-0.3, -0.25) is 4.79 Å². The van der Waals surface area contributed by atoms with E-state index in [1.54, 1.807) is 0 Å². The number of rotatable bonds is 4. The lowest BCUT2D eigenvalue weighted by Gasteiger charge is -2.17. The van der Waals surface area contributed by atoms with Gasteiger partial charge in [0.25, 0.3) is 5.89 Å². The summed E-state index contributed by atoms with van der Waals surface area (Å²) in [7, 11) is 0. The molecule has 1 saturated heterocycles. The maximum absolute atomic E-state index is 13.7. The van der Waals surface area contributed by atoms with Crippen molar-refractivity contribution < 1.29 is 18.8 Å². The molecule has 132 valence electrons. The van der Waals surface area contributed by atoms with Crippen LogP contribution in [0.15, 0.2) is 40.9 Å². The molecule has 4 rings (SSSR count). The van der Waals surface area contributed by atoms with Crippen molar-refractivity contribution in [2.75, 3.05) is 18.0 Å². The summed E-state index contributed by atoms with van der Waals surface area (Å²) in [5.74, 6) is -1.17. The maximum Gasteiger partial charge on any atom is 0.258 e. The van der Waals surface area contributed by atoms with Gasteiger partial charge in [-0.15, -0.1) is 0 Å². The Morgan fingerprint density at radius 2 is 1.85 bits per heavy atom. The average molecular weight is 353 g/mol. The lowest BCUT2D eigenvalue weighted by Crippen LogP contribution is -2.17. The molecule has 0 spiro atoms. The second kappa shape index (κ2) is 6.59. The highest BCUT2D eigenvalue weighted by Gasteiger charge is 2.17. The lowest BCUT2D eigenvalue weighted by molar-refractivity contribution is 0.112. The van der Waals surface area contributed by atoms with Crippen molar-refractivity contribution in [1.82, 2.24) is 10.1 Å². The minimum atomic E-state index is -0.917. The average Bonchev–Trinajstić information content (AvgIpc) is 3.36. The van der Waals surface area contributed by atoms with Crippen LogP contribution in [0.2, 0.25) is 0 Å². The molecule has 0 saturated carbocycles. The van der Waals surface area contributed by atoms with Gasteiger partial charge in [-0.25, -0.2) is 4.39 Å². The van der Waals surface area contributed by atoms with E-state index in [4.69, 9.17) is 4.52 Å². The summed E-state index contributed by atoms with van der Waals surface area (Å²) in [5.41, 5.74) is 1.99. The van der Waals surface area contributed by atoms with Gasteiger partial charge in [-0.05, 0) is 49.2 Å². The van der Waals surface area contributed by atoms with Crippen molar-refractivity contribution in [2.24, 2.45) is 0 Å². The number of aromatic nitrogens is 2. The van der Waals surface area contributed by atoms with Crippen molar-refractivity contribution in [3.63, 3.8) is 0 Å². The minimum Gasteiger partial charge on any atom is -0.504 e. The zero-order valence-electron chi connectivity index (χ0n) is 13.9. The summed E-state index contributed by atoms with van der Waals surface area (Å²) in [5, 5.41) is 13.4. The Labute approximate surface area is 148 Å². The van der Waals surface area contributed by atoms with Crippen molar-refractivity contribution >= 4 is 12.0 Å². The highest BCUT2D eigenvalue weighted by Crippen LogP contribution is 2.29. The fraction of sp³-hybridized carbons (Fsp3) is 0.211. The van der Waals surface area contributed by atoms with Crippen LogP contribution in [0.5, 0.6) is 5.75 Å². The van der Waals surface area contributed by atoms with E-state index in [0.29, 0.717) is 12.1 Å². The van der Waals surface area contributed by atoms with Crippen molar-refractivity contribution in [1.29, 1.82) is 0 Å². The topological polar surface area (TPSA) is 79.5 Å². The fourth-order valence-corrected chi connectivity index (χ4v) is 3.09. The first kappa shape index (κ1) is 16.3. The molecule has 0 aliphatic carbocycles. The van der Waals surface area contributed by atoms with Gasteiger partial charge in [0.05, 0.1) is 5.56 Å². The number of aromatic hydroxyl groups is 1. The first-order valence-corrected chi connectivity index (χ1v) is 8.33. The number of phenols is 1. The van der Waals surface area contributed by atoms with E-state index in [1.807, 2.05) is 24.3 Å². The Hall–Kier alpha value is -3.22. The van der Waals surface area contributed by atoms with E-state index < -0.39 is 11.6 Å². The van der Waals surface area contributed by atoms with E-state index >= 15 is 0 Å². The zero-order valence-corrected chi connectivity index (χ0v) is 13.9. The maximum atomic E-state index is 13.7. The van der Waals surface area contributed by atoms with Crippen LogP contribution < -0.4 is 4.90 Å². The van der Waals surface area contributed by atoms with Gasteiger partial charge in [0, 0.05) is 29.9 Å². The summed E-state index contributed by atoms with van der Waals surface area (Å²) in [6.07, 6.45) is 2.79. The fourth-order valence-electron chi connectivity index (χ4n) is 3.09. The first-order valence-electron chi connectivity index (χ1n) is 8.33. The summed E-state index contributed by atoms with van der Waals surface area (Å²) < 4.78 is 18.9. The number of nitrogens with zero attached hydrogens (tertiary/aromatic N) is 3. The Balaban J connectivity index is 1.62. The van der Waals surface area contributed by atoms with Crippen molar-refractivity contribution in [3.05, 3.63) is 47.8 Å². The SMILES string of the molecule is O=Cc1cc(-c2nc(-c3ccc(N4CCCC4)cc3)no2)cc(F)c1O. The number of hydrogen-bond acceptors (Lipinski definition) is 6. The Bertz CT molecular complexity index is 947. The largest absolute Gasteiger partial charge is 0.504 e. The standard InChI is InChI=1S/C19H16FN3O3/c20-16-10-13(9-14(11-24)17(16)25)19-21-18(22-26-19)12-3-5-15(6-4-12)23-7-1-2-8-23/h3-6,9-11,25H,1-2,7-8H2. The quantitative estimate of drug-likeness (QED) is 0.721. The van der Waals surface area contributed by atoms with Gasteiger partial charge in [-0.2, -0.15) is 4.98 Å². The van der Waals surface area contributed by atoms with Crippen LogP contribution >= 0.6 is 0 Å². The molecule has 7 heteroatoms. The normalized spacial score (nSPS) is 14.0. The third-order valence-electron chi connectivity index (χ3n) is 4.49. The van der Waals surface area contributed by atoms with Crippen LogP contribution in [0.25, 0.3) is 22.8 Å². The van der Waals surface area contributed by atoms with E-state index in [9.17, 15) is 14.3 Å². The lowest BCUT2D eigenvalue weighted by atomic mass is 10.1. The van der Waals surface area contributed by atoms with Gasteiger partial charge in [0.2, 0.25) is 5.82 Å². The molecule has 0 atom stereocenters. The van der Waals surface area contributed by atoms with Gasteiger partial charge in [-0.1, -0.05) is 5.16 Å². The summed E-state index contributed by atoms with van der Waals surface area (Å²) in [6.45, 7) is 2.13. The highest BCUT2D eigenvalue weighted by molar-refractivity contribution is 5.82. The molecule has 2 aromatic carbocycles. The molecule has 1 fully saturated rings. The molecule has 1 aromatic heterocycles. The van der Waals surface area contributed by atoms with E-state index in [2.05, 4.69) is 15.0 Å². The number of benzene rings is 2. The first-order chi connectivity index (χ1) is 12.7. The molecule has 6 nitrogen and oxygen atoms in total. The number of hydrogen-bond donors (Lipinski definition) is 1. The molecule has 1 N–H and O–H groups in total. The van der Waals surface area contributed by atoms with Crippen LogP contribution in [0.4, 0.5) is 10.1 Å². The van der Waals surface area contributed by atoms with Crippen LogP contribution in [-0.2, 0) is 0 Å². The molecule has 1 aliphatic heterocycles. The molecule has 2 heterocycles. The van der Waals surface area contributed by atoms with E-state index in [1.165, 1.54) is 18.9 Å². The molecular weight excluding hydrogens is 337 g/mol. The van der Waals surface area contributed by atoms with E-state index in [0.717, 1.165) is 30.4 Å². The predicted octanol–water partition coefficient (Wildman–Crippen LogP) is 3.66. The minimum absolute atomic E-state index is 0.0746. The number of carbonyl (C=O) groups excluding carboxylic acids is 1. The molecule has 0 bridgehead atoms. The van der Waals surface area contributed by atoms with E-state index in [-0.39, 0.29) is 17.0 Å². The smallest absolute Gasteiger partial charge is 0.258 e. The molecular formula is C19H16FN3O3. The predicted molar refractivity (Wildman–Crippen MR) is 93.6 cm³/mol. The zero-order chi connectivity index (χ0) is 18.1. The second-order valence-electron chi connectivity index (χ2n) is 6.18. The number of anilines is 1. The van der Waals surface area contributed by atoms with Crippen LogP contribution in [0.1, 0.15) is 23.2 Å². The Morgan fingerprint density at radius 3 is 2.54 bits per heavy atom. The summed E-state index contributed by atoms with van der Waals surface area (Å²) in [6, 6.07) is 10.2. The molecule has 3 aromatic rings. The van der Waals surface area contributed by atoms with Crippen molar-refractivity contribution in [2.45, 2.75) is 12.8 Å². The molecule has 0 amide bonds. The van der Waals surface area contributed by atoms with Gasteiger partial charge >= 0.3 is 0 Å². The van der Waals surface area contributed by atoms with Gasteiger partial charge in [0.15, 0.2) is 17.9 Å². The van der Waals surface area contributed by atoms with Crippen molar-refractivity contribution in [3.8, 4) is 28.6 Å². The number of carbonyl (C=O) groups is 1. The van der Waals surface area contributed by atoms with Crippen LogP contribution in [0, 0.1) is 5.82 Å². The highest BCUT2D eigenvalue weighted by atomic mass is 19.1. The summed E-state index contributed by atoms with van der Waals surface area (Å²) >= 11 is 0. The molecule has 0 radical (unpaired) electrons. The summed E-state index contributed by atoms with van der Waals surface area (Å²) in [4.78, 5) is 17.5. The molecule has 1 aliphatic rings. The Morgan fingerprint density at radius 1 is 1.12 bits per heavy atom. The van der Waals surface area contributed by atoms with Gasteiger partial charge < -0.3 is 14.5 Å². The van der Waals surface area contributed by atoms with Crippen LogP contribution in [-0.4, -0.2) is 34.6 Å². The Kier molecular flexibility index (Phi) is 4.12. The third kappa shape index (κ3) is 2.92. The van der Waals surface area contributed by atoms with Gasteiger partial charge in [0.1, 0.15) is 0 Å². The third-order valence-corrected chi connectivity index (χ3v) is 4.49. The van der Waals surface area contributed by atoms with Crippen LogP contribution in [0.3, 0.4) is 0 Å². The number of phenolic OH excluding ortho intramolecular Hbond substituents is 1.